The highest BCUT2D eigenvalue weighted by Crippen LogP contribution is 2.35. The Kier molecular flexibility index (Phi) is 5.77. The van der Waals surface area contributed by atoms with Crippen molar-refractivity contribution in [3.63, 3.8) is 0 Å². The largest absolute Gasteiger partial charge is 0.493 e. The van der Waals surface area contributed by atoms with Gasteiger partial charge in [-0.15, -0.1) is 5.10 Å². The summed E-state index contributed by atoms with van der Waals surface area (Å²) in [4.78, 5) is 0. The SMILES string of the molecule is COc1cc(/C=C/c2nnc(N)o2)cc(I)c1OCc1ccccc1C. The van der Waals surface area contributed by atoms with Gasteiger partial charge in [-0.25, -0.2) is 0 Å². The first-order valence-corrected chi connectivity index (χ1v) is 8.96. The Bertz CT molecular complexity index is 938. The molecule has 0 atom stereocenters. The fourth-order valence-corrected chi connectivity index (χ4v) is 3.16. The number of ether oxygens (including phenoxy) is 2. The van der Waals surface area contributed by atoms with Crippen molar-refractivity contribution >= 4 is 40.8 Å². The molecule has 3 rings (SSSR count). The number of aromatic nitrogens is 2. The molecule has 0 spiro atoms. The number of nitrogen functional groups attached to an aromatic ring is 1. The molecule has 2 aromatic carbocycles. The molecule has 134 valence electrons. The van der Waals surface area contributed by atoms with Crippen LogP contribution in [-0.4, -0.2) is 17.3 Å². The Morgan fingerprint density at radius 3 is 2.69 bits per heavy atom. The van der Waals surface area contributed by atoms with Crippen LogP contribution in [0.5, 0.6) is 11.5 Å². The Morgan fingerprint density at radius 2 is 2.00 bits per heavy atom. The van der Waals surface area contributed by atoms with Gasteiger partial charge in [0.15, 0.2) is 11.5 Å². The number of nitrogens with two attached hydrogens (primary N) is 1. The van der Waals surface area contributed by atoms with Crippen LogP contribution in [0.3, 0.4) is 0 Å². The van der Waals surface area contributed by atoms with Crippen LogP contribution >= 0.6 is 22.6 Å². The highest BCUT2D eigenvalue weighted by Gasteiger charge is 2.12. The lowest BCUT2D eigenvalue weighted by Gasteiger charge is -2.14. The molecule has 26 heavy (non-hydrogen) atoms. The van der Waals surface area contributed by atoms with Gasteiger partial charge in [-0.1, -0.05) is 29.4 Å². The predicted molar refractivity (Wildman–Crippen MR) is 109 cm³/mol. The summed E-state index contributed by atoms with van der Waals surface area (Å²) in [5.74, 6) is 1.72. The van der Waals surface area contributed by atoms with Crippen LogP contribution in [-0.2, 0) is 6.61 Å². The van der Waals surface area contributed by atoms with E-state index in [9.17, 15) is 0 Å². The molecule has 0 fully saturated rings. The molecule has 0 unspecified atom stereocenters. The van der Waals surface area contributed by atoms with Gasteiger partial charge in [0.25, 0.3) is 0 Å². The zero-order chi connectivity index (χ0) is 18.5. The van der Waals surface area contributed by atoms with Gasteiger partial charge in [0.1, 0.15) is 6.61 Å². The van der Waals surface area contributed by atoms with Crippen molar-refractivity contribution in [3.8, 4) is 11.5 Å². The van der Waals surface area contributed by atoms with E-state index in [-0.39, 0.29) is 6.01 Å². The lowest BCUT2D eigenvalue weighted by atomic mass is 10.1. The van der Waals surface area contributed by atoms with E-state index in [1.165, 1.54) is 5.56 Å². The van der Waals surface area contributed by atoms with Crippen LogP contribution < -0.4 is 15.2 Å². The third kappa shape index (κ3) is 4.34. The van der Waals surface area contributed by atoms with Crippen LogP contribution in [0.1, 0.15) is 22.6 Å². The molecule has 0 aliphatic heterocycles. The highest BCUT2D eigenvalue weighted by atomic mass is 127. The molecule has 0 saturated carbocycles. The van der Waals surface area contributed by atoms with Gasteiger partial charge in [-0.2, -0.15) is 0 Å². The fourth-order valence-electron chi connectivity index (χ4n) is 2.38. The second-order valence-corrected chi connectivity index (χ2v) is 6.72. The summed E-state index contributed by atoms with van der Waals surface area (Å²) in [6.07, 6.45) is 3.55. The number of hydrogen-bond acceptors (Lipinski definition) is 6. The van der Waals surface area contributed by atoms with E-state index in [1.54, 1.807) is 13.2 Å². The highest BCUT2D eigenvalue weighted by molar-refractivity contribution is 14.1. The quantitative estimate of drug-likeness (QED) is 0.549. The van der Waals surface area contributed by atoms with Gasteiger partial charge in [0.05, 0.1) is 10.7 Å². The molecule has 6 nitrogen and oxygen atoms in total. The van der Waals surface area contributed by atoms with Crippen molar-refractivity contribution < 1.29 is 13.9 Å². The van der Waals surface area contributed by atoms with Gasteiger partial charge in [0.2, 0.25) is 5.89 Å². The summed E-state index contributed by atoms with van der Waals surface area (Å²) in [5, 5.41) is 7.42. The van der Waals surface area contributed by atoms with Crippen LogP contribution in [0.4, 0.5) is 6.01 Å². The van der Waals surface area contributed by atoms with Crippen LogP contribution in [0, 0.1) is 10.5 Å². The summed E-state index contributed by atoms with van der Waals surface area (Å²) >= 11 is 2.23. The van der Waals surface area contributed by atoms with E-state index in [1.807, 2.05) is 30.3 Å². The first-order valence-electron chi connectivity index (χ1n) is 7.88. The van der Waals surface area contributed by atoms with E-state index < -0.39 is 0 Å². The summed E-state index contributed by atoms with van der Waals surface area (Å²) < 4.78 is 17.6. The van der Waals surface area contributed by atoms with E-state index in [2.05, 4.69) is 51.8 Å². The number of anilines is 1. The summed E-state index contributed by atoms with van der Waals surface area (Å²) in [6, 6.07) is 12.1. The Morgan fingerprint density at radius 1 is 1.19 bits per heavy atom. The zero-order valence-electron chi connectivity index (χ0n) is 14.4. The maximum absolute atomic E-state index is 6.03. The van der Waals surface area contributed by atoms with E-state index >= 15 is 0 Å². The minimum Gasteiger partial charge on any atom is -0.493 e. The fraction of sp³-hybridized carbons (Fsp3) is 0.158. The molecule has 1 heterocycles. The number of methoxy groups -OCH3 is 1. The average Bonchev–Trinajstić information content (AvgIpc) is 3.05. The van der Waals surface area contributed by atoms with Gasteiger partial charge in [-0.05, 0) is 64.4 Å². The van der Waals surface area contributed by atoms with Crippen molar-refractivity contribution in [1.82, 2.24) is 10.2 Å². The number of rotatable bonds is 6. The molecular weight excluding hydrogens is 445 g/mol. The summed E-state index contributed by atoms with van der Waals surface area (Å²) in [6.45, 7) is 2.55. The van der Waals surface area contributed by atoms with Crippen molar-refractivity contribution in [3.05, 3.63) is 62.5 Å². The molecule has 7 heteroatoms. The molecule has 0 saturated heterocycles. The standard InChI is InChI=1S/C19H18IN3O3/c1-12-5-3-4-6-14(12)11-25-18-15(20)9-13(10-16(18)24-2)7-8-17-22-23-19(21)26-17/h3-10H,11H2,1-2H3,(H2,21,23)/b8-7+. The monoisotopic (exact) mass is 463 g/mol. The minimum absolute atomic E-state index is 0.0387. The summed E-state index contributed by atoms with van der Waals surface area (Å²) in [5.41, 5.74) is 8.68. The Labute approximate surface area is 165 Å². The van der Waals surface area contributed by atoms with E-state index in [0.717, 1.165) is 20.4 Å². The van der Waals surface area contributed by atoms with Crippen molar-refractivity contribution in [2.75, 3.05) is 12.8 Å². The van der Waals surface area contributed by atoms with E-state index in [4.69, 9.17) is 19.6 Å². The maximum atomic E-state index is 6.03. The van der Waals surface area contributed by atoms with Gasteiger partial charge < -0.3 is 19.6 Å². The van der Waals surface area contributed by atoms with E-state index in [0.29, 0.717) is 18.2 Å². The number of aryl methyl sites for hydroxylation is 1. The topological polar surface area (TPSA) is 83.4 Å². The maximum Gasteiger partial charge on any atom is 0.313 e. The lowest BCUT2D eigenvalue weighted by molar-refractivity contribution is 0.281. The molecule has 0 amide bonds. The average molecular weight is 463 g/mol. The molecule has 1 aromatic heterocycles. The van der Waals surface area contributed by atoms with Crippen molar-refractivity contribution in [1.29, 1.82) is 0 Å². The normalized spacial score (nSPS) is 11.0. The van der Waals surface area contributed by atoms with Crippen molar-refractivity contribution in [2.45, 2.75) is 13.5 Å². The number of benzene rings is 2. The first-order chi connectivity index (χ1) is 12.6. The zero-order valence-corrected chi connectivity index (χ0v) is 16.6. The molecule has 0 radical (unpaired) electrons. The predicted octanol–water partition coefficient (Wildman–Crippen LogP) is 4.32. The van der Waals surface area contributed by atoms with Crippen molar-refractivity contribution in [2.24, 2.45) is 0 Å². The molecule has 2 N–H and O–H groups in total. The van der Waals surface area contributed by atoms with Gasteiger partial charge in [0, 0.05) is 6.08 Å². The first kappa shape index (κ1) is 18.2. The molecule has 3 aromatic rings. The second kappa shape index (κ2) is 8.22. The molecule has 0 aliphatic rings. The molecule has 0 bridgehead atoms. The third-order valence-corrected chi connectivity index (χ3v) is 4.56. The number of nitrogens with zero attached hydrogens (tertiary/aromatic N) is 2. The minimum atomic E-state index is 0.0387. The number of hydrogen-bond donors (Lipinski definition) is 1. The Balaban J connectivity index is 1.81. The smallest absolute Gasteiger partial charge is 0.313 e. The molecule has 0 aliphatic carbocycles. The Hall–Kier alpha value is -2.55. The van der Waals surface area contributed by atoms with Gasteiger partial charge in [-0.3, -0.25) is 0 Å². The van der Waals surface area contributed by atoms with Gasteiger partial charge >= 0.3 is 6.01 Å². The summed E-state index contributed by atoms with van der Waals surface area (Å²) in [7, 11) is 1.62. The lowest BCUT2D eigenvalue weighted by Crippen LogP contribution is -2.01. The molecular formula is C19H18IN3O3. The van der Waals surface area contributed by atoms with Crippen LogP contribution in [0.15, 0.2) is 40.8 Å². The third-order valence-electron chi connectivity index (χ3n) is 3.76. The van der Waals surface area contributed by atoms with Crippen LogP contribution in [0.25, 0.3) is 12.2 Å². The second-order valence-electron chi connectivity index (χ2n) is 5.56. The number of halogens is 1. The van der Waals surface area contributed by atoms with Crippen LogP contribution in [0.2, 0.25) is 0 Å².